The second kappa shape index (κ2) is 9.59. The van der Waals surface area contributed by atoms with Crippen LogP contribution in [0.25, 0.3) is 0 Å². The SMILES string of the molecule is CCOC(=O)N1CCC(O)(CN2CCN(S(C)(=O)=O)C[C@@H](C(=O)N(C)C)C2)CC1. The number of aliphatic hydroxyl groups is 1. The van der Waals surface area contributed by atoms with Crippen LogP contribution in [0.4, 0.5) is 4.79 Å². The standard InChI is InChI=1S/C18H34N4O6S/c1-5-28-17(24)21-8-6-18(25,7-9-21)14-20-10-11-22(29(4,26)27)13-15(12-20)16(23)19(2)3/h15,25H,5-14H2,1-4H3/t15-/m0/s1. The van der Waals surface area contributed by atoms with Crippen LogP contribution in [-0.4, -0.2) is 123 Å². The van der Waals surface area contributed by atoms with Gasteiger partial charge in [0, 0.05) is 59.9 Å². The Bertz CT molecular complexity index is 690. The van der Waals surface area contributed by atoms with E-state index in [0.29, 0.717) is 52.2 Å². The highest BCUT2D eigenvalue weighted by molar-refractivity contribution is 7.88. The maximum absolute atomic E-state index is 12.6. The van der Waals surface area contributed by atoms with Gasteiger partial charge in [-0.25, -0.2) is 17.5 Å². The summed E-state index contributed by atoms with van der Waals surface area (Å²) in [6, 6.07) is 0. The van der Waals surface area contributed by atoms with Gasteiger partial charge in [-0.1, -0.05) is 0 Å². The summed E-state index contributed by atoms with van der Waals surface area (Å²) < 4.78 is 30.5. The predicted octanol–water partition coefficient (Wildman–Crippen LogP) is -0.749. The lowest BCUT2D eigenvalue weighted by atomic mass is 9.90. The average molecular weight is 435 g/mol. The number of carbonyl (C=O) groups excluding carboxylic acids is 2. The van der Waals surface area contributed by atoms with E-state index >= 15 is 0 Å². The quantitative estimate of drug-likeness (QED) is 0.606. The van der Waals surface area contributed by atoms with Crippen molar-refractivity contribution in [3.63, 3.8) is 0 Å². The number of carbonyl (C=O) groups is 2. The van der Waals surface area contributed by atoms with Crippen LogP contribution >= 0.6 is 0 Å². The molecule has 2 aliphatic rings. The van der Waals surface area contributed by atoms with Gasteiger partial charge in [0.05, 0.1) is 24.4 Å². The van der Waals surface area contributed by atoms with E-state index in [9.17, 15) is 23.1 Å². The minimum atomic E-state index is -3.42. The minimum absolute atomic E-state index is 0.130. The Balaban J connectivity index is 2.05. The summed E-state index contributed by atoms with van der Waals surface area (Å²) >= 11 is 0. The van der Waals surface area contributed by atoms with Crippen molar-refractivity contribution in [1.82, 2.24) is 19.0 Å². The van der Waals surface area contributed by atoms with Gasteiger partial charge in [-0.15, -0.1) is 0 Å². The number of nitrogens with zero attached hydrogens (tertiary/aromatic N) is 4. The Morgan fingerprint density at radius 2 is 1.76 bits per heavy atom. The van der Waals surface area contributed by atoms with Crippen molar-refractivity contribution in [3.05, 3.63) is 0 Å². The maximum Gasteiger partial charge on any atom is 0.409 e. The Kier molecular flexibility index (Phi) is 7.88. The van der Waals surface area contributed by atoms with E-state index in [1.165, 1.54) is 9.21 Å². The van der Waals surface area contributed by atoms with Gasteiger partial charge < -0.3 is 19.6 Å². The summed E-state index contributed by atoms with van der Waals surface area (Å²) in [5.41, 5.74) is -0.991. The molecule has 2 aliphatic heterocycles. The Morgan fingerprint density at radius 3 is 2.28 bits per heavy atom. The van der Waals surface area contributed by atoms with Crippen molar-refractivity contribution in [2.75, 3.05) is 72.8 Å². The molecule has 11 heteroatoms. The van der Waals surface area contributed by atoms with E-state index in [0.717, 1.165) is 6.26 Å². The minimum Gasteiger partial charge on any atom is -0.450 e. The zero-order chi connectivity index (χ0) is 21.8. The molecule has 0 aromatic rings. The predicted molar refractivity (Wildman–Crippen MR) is 108 cm³/mol. The molecule has 10 nitrogen and oxygen atoms in total. The van der Waals surface area contributed by atoms with E-state index < -0.39 is 21.5 Å². The Morgan fingerprint density at radius 1 is 1.14 bits per heavy atom. The summed E-state index contributed by atoms with van der Waals surface area (Å²) in [6.45, 7) is 4.44. The normalized spacial score (nSPS) is 24.0. The molecule has 29 heavy (non-hydrogen) atoms. The molecule has 168 valence electrons. The lowest BCUT2D eigenvalue weighted by molar-refractivity contribution is -0.134. The Hall–Kier alpha value is -1.43. The first-order chi connectivity index (χ1) is 13.4. The fourth-order valence-electron chi connectivity index (χ4n) is 3.91. The molecule has 2 amide bonds. The summed E-state index contributed by atoms with van der Waals surface area (Å²) in [6.07, 6.45) is 1.59. The molecule has 2 saturated heterocycles. The number of sulfonamides is 1. The maximum atomic E-state index is 12.6. The van der Waals surface area contributed by atoms with Crippen molar-refractivity contribution in [3.8, 4) is 0 Å². The van der Waals surface area contributed by atoms with Gasteiger partial charge in [0.1, 0.15) is 0 Å². The molecule has 0 aromatic carbocycles. The first-order valence-corrected chi connectivity index (χ1v) is 11.8. The highest BCUT2D eigenvalue weighted by Crippen LogP contribution is 2.25. The van der Waals surface area contributed by atoms with Crippen LogP contribution in [0.3, 0.4) is 0 Å². The highest BCUT2D eigenvalue weighted by atomic mass is 32.2. The third-order valence-electron chi connectivity index (χ3n) is 5.57. The monoisotopic (exact) mass is 434 g/mol. The fourth-order valence-corrected chi connectivity index (χ4v) is 4.78. The number of hydrogen-bond acceptors (Lipinski definition) is 7. The van der Waals surface area contributed by atoms with Gasteiger partial charge in [-0.3, -0.25) is 9.69 Å². The van der Waals surface area contributed by atoms with E-state index in [1.807, 2.05) is 4.90 Å². The second-order valence-corrected chi connectivity index (χ2v) is 10.2. The summed E-state index contributed by atoms with van der Waals surface area (Å²) in [5, 5.41) is 11.1. The van der Waals surface area contributed by atoms with Gasteiger partial charge in [0.2, 0.25) is 15.9 Å². The second-order valence-electron chi connectivity index (χ2n) is 8.20. The van der Waals surface area contributed by atoms with Gasteiger partial charge in [-0.2, -0.15) is 0 Å². The number of ether oxygens (including phenoxy) is 1. The molecule has 2 fully saturated rings. The van der Waals surface area contributed by atoms with Crippen molar-refractivity contribution < 1.29 is 27.9 Å². The molecule has 0 unspecified atom stereocenters. The van der Waals surface area contributed by atoms with Crippen LogP contribution < -0.4 is 0 Å². The number of amides is 2. The highest BCUT2D eigenvalue weighted by Gasteiger charge is 2.39. The average Bonchev–Trinajstić information content (AvgIpc) is 2.84. The molecular formula is C18H34N4O6S. The van der Waals surface area contributed by atoms with Gasteiger partial charge in [0.15, 0.2) is 0 Å². The van der Waals surface area contributed by atoms with E-state index in [-0.39, 0.29) is 25.1 Å². The van der Waals surface area contributed by atoms with Crippen LogP contribution in [0.5, 0.6) is 0 Å². The van der Waals surface area contributed by atoms with Gasteiger partial charge in [-0.05, 0) is 19.8 Å². The van der Waals surface area contributed by atoms with Crippen LogP contribution in [0, 0.1) is 5.92 Å². The fraction of sp³-hybridized carbons (Fsp3) is 0.889. The third kappa shape index (κ3) is 6.53. The number of piperidine rings is 1. The number of likely N-dealkylation sites (tertiary alicyclic amines) is 1. The summed E-state index contributed by atoms with van der Waals surface area (Å²) in [4.78, 5) is 29.5. The van der Waals surface area contributed by atoms with Crippen molar-refractivity contribution in [2.45, 2.75) is 25.4 Å². The van der Waals surface area contributed by atoms with E-state index in [4.69, 9.17) is 4.74 Å². The van der Waals surface area contributed by atoms with Crippen molar-refractivity contribution in [2.24, 2.45) is 5.92 Å². The largest absolute Gasteiger partial charge is 0.450 e. The molecular weight excluding hydrogens is 400 g/mol. The topological polar surface area (TPSA) is 111 Å². The summed E-state index contributed by atoms with van der Waals surface area (Å²) in [5.74, 6) is -0.625. The van der Waals surface area contributed by atoms with Crippen LogP contribution in [0.2, 0.25) is 0 Å². The molecule has 0 spiro atoms. The molecule has 1 atom stereocenters. The zero-order valence-corrected chi connectivity index (χ0v) is 18.7. The molecule has 0 aromatic heterocycles. The van der Waals surface area contributed by atoms with Gasteiger partial charge >= 0.3 is 6.09 Å². The van der Waals surface area contributed by atoms with E-state index in [1.54, 1.807) is 25.9 Å². The molecule has 2 heterocycles. The molecule has 0 aliphatic carbocycles. The first kappa shape index (κ1) is 23.8. The molecule has 0 bridgehead atoms. The molecule has 2 rings (SSSR count). The molecule has 0 radical (unpaired) electrons. The summed E-state index contributed by atoms with van der Waals surface area (Å²) in [7, 11) is -0.112. The third-order valence-corrected chi connectivity index (χ3v) is 6.84. The lowest BCUT2D eigenvalue weighted by Gasteiger charge is -2.40. The number of β-amino-alcohol motifs (C(OH)–C–C–N with tert-alkyl or cyclic N) is 1. The van der Waals surface area contributed by atoms with Gasteiger partial charge in [0.25, 0.3) is 0 Å². The van der Waals surface area contributed by atoms with Crippen LogP contribution in [0.1, 0.15) is 19.8 Å². The van der Waals surface area contributed by atoms with Crippen molar-refractivity contribution >= 4 is 22.0 Å². The lowest BCUT2D eigenvalue weighted by Crippen LogP contribution is -2.53. The van der Waals surface area contributed by atoms with Crippen LogP contribution in [0.15, 0.2) is 0 Å². The molecule has 1 N–H and O–H groups in total. The number of hydrogen-bond donors (Lipinski definition) is 1. The molecule has 0 saturated carbocycles. The first-order valence-electron chi connectivity index (χ1n) is 9.98. The van der Waals surface area contributed by atoms with Crippen LogP contribution in [-0.2, 0) is 19.6 Å². The van der Waals surface area contributed by atoms with Crippen molar-refractivity contribution in [1.29, 1.82) is 0 Å². The smallest absolute Gasteiger partial charge is 0.409 e. The van der Waals surface area contributed by atoms with E-state index in [2.05, 4.69) is 0 Å². The zero-order valence-electron chi connectivity index (χ0n) is 17.8. The Labute approximate surface area is 173 Å². The number of rotatable bonds is 5.